The fourth-order valence-electron chi connectivity index (χ4n) is 2.06. The molecule has 1 fully saturated rings. The van der Waals surface area contributed by atoms with Crippen LogP contribution in [-0.4, -0.2) is 40.8 Å². The highest BCUT2D eigenvalue weighted by molar-refractivity contribution is 8.00. The first-order valence-electron chi connectivity index (χ1n) is 6.38. The lowest BCUT2D eigenvalue weighted by Crippen LogP contribution is -2.53. The zero-order valence-corrected chi connectivity index (χ0v) is 11.6. The van der Waals surface area contributed by atoms with Crippen molar-refractivity contribution in [3.8, 4) is 0 Å². The minimum absolute atomic E-state index is 0.0214. The van der Waals surface area contributed by atoms with Crippen LogP contribution in [0, 0.1) is 0 Å². The van der Waals surface area contributed by atoms with Crippen molar-refractivity contribution in [1.29, 1.82) is 0 Å². The molecule has 2 unspecified atom stereocenters. The van der Waals surface area contributed by atoms with Crippen LogP contribution in [0.25, 0.3) is 0 Å². The number of amides is 2. The van der Waals surface area contributed by atoms with Gasteiger partial charge in [0.25, 0.3) is 0 Å². The van der Waals surface area contributed by atoms with Gasteiger partial charge in [0.2, 0.25) is 0 Å². The molecule has 1 aliphatic heterocycles. The van der Waals surface area contributed by atoms with Crippen LogP contribution >= 0.6 is 11.8 Å². The molecule has 1 aliphatic rings. The van der Waals surface area contributed by atoms with Crippen molar-refractivity contribution < 1.29 is 9.90 Å². The van der Waals surface area contributed by atoms with E-state index in [1.165, 1.54) is 18.6 Å². The fourth-order valence-corrected chi connectivity index (χ4v) is 3.26. The molecule has 0 saturated carbocycles. The molecule has 5 heteroatoms. The second-order valence-electron chi connectivity index (χ2n) is 4.94. The first-order chi connectivity index (χ1) is 8.09. The van der Waals surface area contributed by atoms with Gasteiger partial charge in [0.15, 0.2) is 0 Å². The Morgan fingerprint density at radius 2 is 2.35 bits per heavy atom. The van der Waals surface area contributed by atoms with Gasteiger partial charge < -0.3 is 15.7 Å². The van der Waals surface area contributed by atoms with Crippen LogP contribution in [0.2, 0.25) is 0 Å². The molecule has 0 aliphatic carbocycles. The van der Waals surface area contributed by atoms with Crippen LogP contribution in [0.3, 0.4) is 0 Å². The van der Waals surface area contributed by atoms with Crippen LogP contribution in [0.5, 0.6) is 0 Å². The molecule has 0 aromatic rings. The van der Waals surface area contributed by atoms with E-state index in [2.05, 4.69) is 10.6 Å². The molecule has 0 bridgehead atoms. The number of urea groups is 1. The summed E-state index contributed by atoms with van der Waals surface area (Å²) < 4.78 is 0. The van der Waals surface area contributed by atoms with Crippen molar-refractivity contribution in [3.05, 3.63) is 0 Å². The van der Waals surface area contributed by atoms with Crippen molar-refractivity contribution in [2.75, 3.05) is 18.9 Å². The van der Waals surface area contributed by atoms with Gasteiger partial charge in [0, 0.05) is 11.8 Å². The highest BCUT2D eigenvalue weighted by Gasteiger charge is 2.25. The summed E-state index contributed by atoms with van der Waals surface area (Å²) >= 11 is 1.93. The molecule has 0 aromatic heterocycles. The quantitative estimate of drug-likeness (QED) is 0.681. The van der Waals surface area contributed by atoms with E-state index in [4.69, 9.17) is 0 Å². The number of carbonyl (C=O) groups excluding carboxylic acids is 1. The summed E-state index contributed by atoms with van der Waals surface area (Å²) in [6.07, 6.45) is 4.17. The van der Waals surface area contributed by atoms with Gasteiger partial charge in [-0.3, -0.25) is 0 Å². The smallest absolute Gasteiger partial charge is 0.315 e. The van der Waals surface area contributed by atoms with E-state index in [1.807, 2.05) is 25.6 Å². The Morgan fingerprint density at radius 1 is 1.59 bits per heavy atom. The number of aliphatic hydroxyl groups excluding tert-OH is 1. The Bertz CT molecular complexity index is 245. The molecule has 17 heavy (non-hydrogen) atoms. The average Bonchev–Trinajstić information content (AvgIpc) is 2.79. The Balaban J connectivity index is 2.26. The molecule has 0 radical (unpaired) electrons. The van der Waals surface area contributed by atoms with Crippen molar-refractivity contribution in [1.82, 2.24) is 10.6 Å². The Labute approximate surface area is 108 Å². The minimum Gasteiger partial charge on any atom is -0.394 e. The summed E-state index contributed by atoms with van der Waals surface area (Å²) in [6, 6.07) is -0.164. The summed E-state index contributed by atoms with van der Waals surface area (Å²) in [5.41, 5.74) is -0.498. The monoisotopic (exact) mass is 260 g/mol. The molecule has 1 rings (SSSR count). The number of thioether (sulfide) groups is 1. The number of carbonyl (C=O) groups is 1. The van der Waals surface area contributed by atoms with Gasteiger partial charge in [-0.15, -0.1) is 0 Å². The summed E-state index contributed by atoms with van der Waals surface area (Å²) in [7, 11) is 0. The van der Waals surface area contributed by atoms with E-state index >= 15 is 0 Å². The predicted molar refractivity (Wildman–Crippen MR) is 72.4 cm³/mol. The lowest BCUT2D eigenvalue weighted by molar-refractivity contribution is 0.163. The van der Waals surface area contributed by atoms with E-state index < -0.39 is 5.54 Å². The van der Waals surface area contributed by atoms with Crippen molar-refractivity contribution >= 4 is 17.8 Å². The highest BCUT2D eigenvalue weighted by Crippen LogP contribution is 2.25. The van der Waals surface area contributed by atoms with Gasteiger partial charge in [-0.25, -0.2) is 4.79 Å². The standard InChI is InChI=1S/C12H24N2O2S/c1-3-6-12(2,9-15)14-11(16)13-8-10-5-4-7-17-10/h10,15H,3-9H2,1-2H3,(H2,13,14,16). The van der Waals surface area contributed by atoms with Gasteiger partial charge in [0.05, 0.1) is 12.1 Å². The third-order valence-electron chi connectivity index (χ3n) is 3.08. The van der Waals surface area contributed by atoms with Crippen LogP contribution in [0.4, 0.5) is 4.79 Å². The molecule has 1 saturated heterocycles. The Kier molecular flexibility index (Phi) is 6.12. The molecule has 4 nitrogen and oxygen atoms in total. The zero-order valence-electron chi connectivity index (χ0n) is 10.8. The maximum absolute atomic E-state index is 11.7. The lowest BCUT2D eigenvalue weighted by Gasteiger charge is -2.28. The van der Waals surface area contributed by atoms with Gasteiger partial charge >= 0.3 is 6.03 Å². The molecule has 3 N–H and O–H groups in total. The SMILES string of the molecule is CCCC(C)(CO)NC(=O)NCC1CCCS1. The molecule has 0 spiro atoms. The molecule has 2 atom stereocenters. The van der Waals surface area contributed by atoms with E-state index in [9.17, 15) is 9.90 Å². The summed E-state index contributed by atoms with van der Waals surface area (Å²) in [4.78, 5) is 11.7. The largest absolute Gasteiger partial charge is 0.394 e. The fraction of sp³-hybridized carbons (Fsp3) is 0.917. The van der Waals surface area contributed by atoms with E-state index in [1.54, 1.807) is 0 Å². The predicted octanol–water partition coefficient (Wildman–Crippen LogP) is 1.73. The van der Waals surface area contributed by atoms with Crippen molar-refractivity contribution in [2.24, 2.45) is 0 Å². The number of rotatable bonds is 6. The number of hydrogen-bond acceptors (Lipinski definition) is 3. The average molecular weight is 260 g/mol. The molecular weight excluding hydrogens is 236 g/mol. The van der Waals surface area contributed by atoms with Crippen LogP contribution in [0.15, 0.2) is 0 Å². The number of aliphatic hydroxyl groups is 1. The third-order valence-corrected chi connectivity index (χ3v) is 4.48. The van der Waals surface area contributed by atoms with E-state index in [0.29, 0.717) is 5.25 Å². The third kappa shape index (κ3) is 5.17. The maximum atomic E-state index is 11.7. The summed E-state index contributed by atoms with van der Waals surface area (Å²) in [5.74, 6) is 1.21. The summed E-state index contributed by atoms with van der Waals surface area (Å²) in [5, 5.41) is 15.6. The molecule has 100 valence electrons. The lowest BCUT2D eigenvalue weighted by atomic mass is 9.98. The van der Waals surface area contributed by atoms with Crippen molar-refractivity contribution in [3.63, 3.8) is 0 Å². The maximum Gasteiger partial charge on any atom is 0.315 e. The summed E-state index contributed by atoms with van der Waals surface area (Å²) in [6.45, 7) is 4.62. The van der Waals surface area contributed by atoms with E-state index in [-0.39, 0.29) is 12.6 Å². The molecular formula is C12H24N2O2S. The van der Waals surface area contributed by atoms with Gasteiger partial charge in [-0.05, 0) is 31.9 Å². The van der Waals surface area contributed by atoms with Crippen LogP contribution in [-0.2, 0) is 0 Å². The Morgan fingerprint density at radius 3 is 2.88 bits per heavy atom. The Hall–Kier alpha value is -0.420. The topological polar surface area (TPSA) is 61.4 Å². The second kappa shape index (κ2) is 7.11. The number of hydrogen-bond donors (Lipinski definition) is 3. The minimum atomic E-state index is -0.498. The van der Waals surface area contributed by atoms with E-state index in [0.717, 1.165) is 19.4 Å². The van der Waals surface area contributed by atoms with Gasteiger partial charge in [-0.2, -0.15) is 11.8 Å². The first-order valence-corrected chi connectivity index (χ1v) is 7.43. The molecule has 1 heterocycles. The first kappa shape index (κ1) is 14.6. The number of nitrogens with one attached hydrogen (secondary N) is 2. The van der Waals surface area contributed by atoms with Gasteiger partial charge in [-0.1, -0.05) is 13.3 Å². The second-order valence-corrected chi connectivity index (χ2v) is 6.35. The zero-order chi connectivity index (χ0) is 12.7. The molecule has 0 aromatic carbocycles. The van der Waals surface area contributed by atoms with Crippen LogP contribution < -0.4 is 10.6 Å². The van der Waals surface area contributed by atoms with Gasteiger partial charge in [0.1, 0.15) is 0 Å². The molecule has 2 amide bonds. The highest BCUT2D eigenvalue weighted by atomic mass is 32.2. The van der Waals surface area contributed by atoms with Crippen LogP contribution in [0.1, 0.15) is 39.5 Å². The van der Waals surface area contributed by atoms with Crippen molar-refractivity contribution in [2.45, 2.75) is 50.3 Å². The normalized spacial score (nSPS) is 23.1.